The summed E-state index contributed by atoms with van der Waals surface area (Å²) in [6.45, 7) is 7.02. The summed E-state index contributed by atoms with van der Waals surface area (Å²) in [5.74, 6) is -0.659. The number of carbonyl (C=O) groups is 2. The van der Waals surface area contributed by atoms with E-state index in [9.17, 15) is 9.59 Å². The van der Waals surface area contributed by atoms with Gasteiger partial charge in [0.1, 0.15) is 12.4 Å². The molecule has 3 rings (SSSR count). The van der Waals surface area contributed by atoms with Gasteiger partial charge in [0, 0.05) is 12.1 Å². The zero-order valence-corrected chi connectivity index (χ0v) is 15.9. The van der Waals surface area contributed by atoms with E-state index < -0.39 is 5.97 Å². The lowest BCUT2D eigenvalue weighted by atomic mass is 9.87. The number of benzene rings is 1. The molecular formula is C21H25NO5. The zero-order valence-electron chi connectivity index (χ0n) is 15.9. The molecule has 1 aromatic carbocycles. The van der Waals surface area contributed by atoms with Crippen LogP contribution in [0.2, 0.25) is 0 Å². The van der Waals surface area contributed by atoms with Crippen LogP contribution in [0.4, 0.5) is 5.69 Å². The number of ether oxygens (including phenoxy) is 1. The molecule has 6 nitrogen and oxygen atoms in total. The van der Waals surface area contributed by atoms with Gasteiger partial charge in [0.05, 0.1) is 12.6 Å². The Kier molecular flexibility index (Phi) is 5.37. The molecule has 0 unspecified atom stereocenters. The van der Waals surface area contributed by atoms with Crippen molar-refractivity contribution in [2.75, 3.05) is 11.5 Å². The lowest BCUT2D eigenvalue weighted by Crippen LogP contribution is -2.36. The SMILES string of the molecule is CC(C)(C)c1ccc(N2C(=O)CC[C@H]2COCc2ccc(C(=O)O)o2)cc1. The maximum absolute atomic E-state index is 12.4. The number of rotatable bonds is 6. The van der Waals surface area contributed by atoms with Gasteiger partial charge in [-0.3, -0.25) is 4.79 Å². The molecule has 1 aliphatic rings. The summed E-state index contributed by atoms with van der Waals surface area (Å²) < 4.78 is 10.9. The number of carbonyl (C=O) groups excluding carboxylic acids is 1. The lowest BCUT2D eigenvalue weighted by Gasteiger charge is -2.26. The zero-order chi connectivity index (χ0) is 19.6. The first-order chi connectivity index (χ1) is 12.8. The molecule has 2 heterocycles. The minimum absolute atomic E-state index is 0.0353. The highest BCUT2D eigenvalue weighted by Crippen LogP contribution is 2.30. The van der Waals surface area contributed by atoms with Crippen molar-refractivity contribution >= 4 is 17.6 Å². The summed E-state index contributed by atoms with van der Waals surface area (Å²) in [5.41, 5.74) is 2.16. The van der Waals surface area contributed by atoms with Crippen molar-refractivity contribution in [1.29, 1.82) is 0 Å². The van der Waals surface area contributed by atoms with Gasteiger partial charge in [-0.1, -0.05) is 32.9 Å². The van der Waals surface area contributed by atoms with Crippen LogP contribution >= 0.6 is 0 Å². The average molecular weight is 371 g/mol. The molecule has 0 bridgehead atoms. The van der Waals surface area contributed by atoms with Gasteiger partial charge in [0.2, 0.25) is 11.7 Å². The van der Waals surface area contributed by atoms with E-state index in [1.807, 2.05) is 12.1 Å². The minimum atomic E-state index is -1.10. The summed E-state index contributed by atoms with van der Waals surface area (Å²) >= 11 is 0. The Balaban J connectivity index is 1.63. The second-order valence-corrected chi connectivity index (χ2v) is 7.84. The van der Waals surface area contributed by atoms with Gasteiger partial charge in [-0.15, -0.1) is 0 Å². The van der Waals surface area contributed by atoms with E-state index in [1.165, 1.54) is 11.6 Å². The molecule has 1 aromatic heterocycles. The number of hydrogen-bond acceptors (Lipinski definition) is 4. The second-order valence-electron chi connectivity index (χ2n) is 7.84. The topological polar surface area (TPSA) is 80.0 Å². The van der Waals surface area contributed by atoms with Crippen LogP contribution in [0, 0.1) is 0 Å². The van der Waals surface area contributed by atoms with Crippen LogP contribution in [0.1, 0.15) is 55.5 Å². The van der Waals surface area contributed by atoms with Crippen LogP contribution in [0.3, 0.4) is 0 Å². The Labute approximate surface area is 158 Å². The van der Waals surface area contributed by atoms with E-state index in [2.05, 4.69) is 32.9 Å². The van der Waals surface area contributed by atoms with Gasteiger partial charge in [-0.25, -0.2) is 4.79 Å². The van der Waals surface area contributed by atoms with E-state index in [-0.39, 0.29) is 29.7 Å². The number of carboxylic acids is 1. The Morgan fingerprint density at radius 2 is 1.93 bits per heavy atom. The fourth-order valence-electron chi connectivity index (χ4n) is 3.24. The molecule has 0 radical (unpaired) electrons. The van der Waals surface area contributed by atoms with Crippen molar-refractivity contribution in [3.8, 4) is 0 Å². The van der Waals surface area contributed by atoms with Gasteiger partial charge < -0.3 is 19.2 Å². The third kappa shape index (κ3) is 4.39. The number of amides is 1. The first-order valence-corrected chi connectivity index (χ1v) is 9.08. The molecule has 1 saturated heterocycles. The molecule has 6 heteroatoms. The van der Waals surface area contributed by atoms with Gasteiger partial charge in [0.15, 0.2) is 0 Å². The number of furan rings is 1. The number of anilines is 1. The van der Waals surface area contributed by atoms with Gasteiger partial charge in [0.25, 0.3) is 0 Å². The van der Waals surface area contributed by atoms with Crippen molar-refractivity contribution in [3.63, 3.8) is 0 Å². The molecule has 2 aromatic rings. The highest BCUT2D eigenvalue weighted by Gasteiger charge is 2.32. The Hall–Kier alpha value is -2.60. The summed E-state index contributed by atoms with van der Waals surface area (Å²) in [4.78, 5) is 25.0. The molecule has 1 atom stereocenters. The van der Waals surface area contributed by atoms with E-state index in [4.69, 9.17) is 14.3 Å². The normalized spacial score (nSPS) is 17.5. The fourth-order valence-corrected chi connectivity index (χ4v) is 3.24. The van der Waals surface area contributed by atoms with Crippen LogP contribution in [0.15, 0.2) is 40.8 Å². The highest BCUT2D eigenvalue weighted by atomic mass is 16.5. The number of hydrogen-bond donors (Lipinski definition) is 1. The molecule has 27 heavy (non-hydrogen) atoms. The number of carboxylic acid groups (broad SMARTS) is 1. The summed E-state index contributed by atoms with van der Waals surface area (Å²) in [5, 5.41) is 8.88. The largest absolute Gasteiger partial charge is 0.475 e. The average Bonchev–Trinajstić information content (AvgIpc) is 3.22. The van der Waals surface area contributed by atoms with Crippen molar-refractivity contribution in [1.82, 2.24) is 0 Å². The third-order valence-corrected chi connectivity index (χ3v) is 4.76. The third-order valence-electron chi connectivity index (χ3n) is 4.76. The molecule has 1 aliphatic heterocycles. The quantitative estimate of drug-likeness (QED) is 0.830. The molecule has 0 saturated carbocycles. The van der Waals surface area contributed by atoms with E-state index in [1.54, 1.807) is 11.0 Å². The van der Waals surface area contributed by atoms with Gasteiger partial charge in [-0.2, -0.15) is 0 Å². The van der Waals surface area contributed by atoms with Crippen LogP contribution in [-0.2, 0) is 21.6 Å². The Morgan fingerprint density at radius 1 is 1.22 bits per heavy atom. The fraction of sp³-hybridized carbons (Fsp3) is 0.429. The molecular weight excluding hydrogens is 346 g/mol. The van der Waals surface area contributed by atoms with Crippen LogP contribution in [-0.4, -0.2) is 29.6 Å². The van der Waals surface area contributed by atoms with Crippen LogP contribution < -0.4 is 4.90 Å². The maximum atomic E-state index is 12.4. The molecule has 1 N–H and O–H groups in total. The minimum Gasteiger partial charge on any atom is -0.475 e. The predicted octanol–water partition coefficient (Wildman–Crippen LogP) is 3.99. The smallest absolute Gasteiger partial charge is 0.371 e. The van der Waals surface area contributed by atoms with E-state index >= 15 is 0 Å². The predicted molar refractivity (Wildman–Crippen MR) is 101 cm³/mol. The monoisotopic (exact) mass is 371 g/mol. The standard InChI is InChI=1S/C21H25NO5/c1-21(2,3)14-4-6-15(7-5-14)22-16(8-11-19(22)23)12-26-13-17-9-10-18(27-17)20(24)25/h4-7,9-10,16H,8,11-13H2,1-3H3,(H,24,25)/t16-/m0/s1. The Morgan fingerprint density at radius 3 is 2.52 bits per heavy atom. The first-order valence-electron chi connectivity index (χ1n) is 9.08. The van der Waals surface area contributed by atoms with E-state index in [0.717, 1.165) is 12.1 Å². The summed E-state index contributed by atoms with van der Waals surface area (Å²) in [7, 11) is 0. The lowest BCUT2D eigenvalue weighted by molar-refractivity contribution is -0.117. The summed E-state index contributed by atoms with van der Waals surface area (Å²) in [6, 6.07) is 11.1. The van der Waals surface area contributed by atoms with Crippen molar-refractivity contribution in [2.24, 2.45) is 0 Å². The molecule has 144 valence electrons. The molecule has 1 fully saturated rings. The molecule has 0 aliphatic carbocycles. The van der Waals surface area contributed by atoms with Crippen molar-refractivity contribution in [2.45, 2.75) is 51.7 Å². The summed E-state index contributed by atoms with van der Waals surface area (Å²) in [6.07, 6.45) is 1.23. The van der Waals surface area contributed by atoms with Crippen molar-refractivity contribution in [3.05, 3.63) is 53.5 Å². The highest BCUT2D eigenvalue weighted by molar-refractivity contribution is 5.96. The molecule has 0 spiro atoms. The van der Waals surface area contributed by atoms with Crippen LogP contribution in [0.5, 0.6) is 0 Å². The van der Waals surface area contributed by atoms with Crippen LogP contribution in [0.25, 0.3) is 0 Å². The van der Waals surface area contributed by atoms with Crippen molar-refractivity contribution < 1.29 is 23.8 Å². The number of aromatic carboxylic acids is 1. The molecule has 1 amide bonds. The number of nitrogens with zero attached hydrogens (tertiary/aromatic N) is 1. The maximum Gasteiger partial charge on any atom is 0.371 e. The Bertz CT molecular complexity index is 816. The second kappa shape index (κ2) is 7.56. The van der Waals surface area contributed by atoms with Gasteiger partial charge in [-0.05, 0) is 41.7 Å². The van der Waals surface area contributed by atoms with E-state index in [0.29, 0.717) is 18.8 Å². The van der Waals surface area contributed by atoms with Gasteiger partial charge >= 0.3 is 5.97 Å². The first kappa shape index (κ1) is 19.2.